The third-order valence-electron chi connectivity index (χ3n) is 3.12. The average molecular weight is 251 g/mol. The Balaban J connectivity index is 2.55. The second-order valence-corrected chi connectivity index (χ2v) is 4.98. The number of nitrogens with two attached hydrogens (primary N) is 1. The van der Waals surface area contributed by atoms with Gasteiger partial charge in [0.1, 0.15) is 5.75 Å². The Morgan fingerprint density at radius 1 is 1.22 bits per heavy atom. The number of aliphatic hydroxyl groups excluding tert-OH is 1. The van der Waals surface area contributed by atoms with E-state index in [1.807, 2.05) is 19.1 Å². The van der Waals surface area contributed by atoms with Crippen LogP contribution in [0.3, 0.4) is 0 Å². The first-order valence-electron chi connectivity index (χ1n) is 6.71. The van der Waals surface area contributed by atoms with E-state index < -0.39 is 6.10 Å². The normalized spacial score (nSPS) is 16.1. The highest BCUT2D eigenvalue weighted by molar-refractivity contribution is 5.29. The minimum Gasteiger partial charge on any atom is -0.494 e. The molecule has 0 spiro atoms. The summed E-state index contributed by atoms with van der Waals surface area (Å²) in [7, 11) is 0. The summed E-state index contributed by atoms with van der Waals surface area (Å²) in [5.74, 6) is 1.20. The van der Waals surface area contributed by atoms with Crippen LogP contribution >= 0.6 is 0 Å². The molecule has 0 aliphatic heterocycles. The van der Waals surface area contributed by atoms with Crippen molar-refractivity contribution in [1.29, 1.82) is 0 Å². The van der Waals surface area contributed by atoms with Crippen molar-refractivity contribution in [2.75, 3.05) is 6.61 Å². The largest absolute Gasteiger partial charge is 0.494 e. The fraction of sp³-hybridized carbons (Fsp3) is 0.600. The van der Waals surface area contributed by atoms with Crippen molar-refractivity contribution in [3.8, 4) is 5.75 Å². The molecule has 0 aliphatic rings. The van der Waals surface area contributed by atoms with Crippen molar-refractivity contribution in [3.63, 3.8) is 0 Å². The van der Waals surface area contributed by atoms with Gasteiger partial charge in [-0.15, -0.1) is 0 Å². The van der Waals surface area contributed by atoms with Gasteiger partial charge in [-0.05, 0) is 43.4 Å². The maximum atomic E-state index is 9.78. The van der Waals surface area contributed by atoms with Crippen LogP contribution in [0.5, 0.6) is 5.75 Å². The van der Waals surface area contributed by atoms with Gasteiger partial charge >= 0.3 is 0 Å². The summed E-state index contributed by atoms with van der Waals surface area (Å²) in [5.41, 5.74) is 6.88. The quantitative estimate of drug-likeness (QED) is 0.783. The lowest BCUT2D eigenvalue weighted by atomic mass is 9.93. The Hall–Kier alpha value is -1.06. The van der Waals surface area contributed by atoms with Gasteiger partial charge in [0.25, 0.3) is 0 Å². The Labute approximate surface area is 110 Å². The maximum absolute atomic E-state index is 9.78. The Morgan fingerprint density at radius 3 is 2.33 bits per heavy atom. The molecule has 1 aromatic rings. The first-order valence-corrected chi connectivity index (χ1v) is 6.71. The molecule has 3 atom stereocenters. The third-order valence-corrected chi connectivity index (χ3v) is 3.12. The molecule has 0 saturated heterocycles. The summed E-state index contributed by atoms with van der Waals surface area (Å²) in [6, 6.07) is 7.91. The molecule has 0 bridgehead atoms. The number of hydrogen-bond donors (Lipinski definition) is 2. The average Bonchev–Trinajstić information content (AvgIpc) is 2.36. The maximum Gasteiger partial charge on any atom is 0.119 e. The minimum atomic E-state index is -0.448. The van der Waals surface area contributed by atoms with Gasteiger partial charge in [0, 0.05) is 6.04 Å². The van der Waals surface area contributed by atoms with Gasteiger partial charge in [-0.3, -0.25) is 0 Å². The monoisotopic (exact) mass is 251 g/mol. The second kappa shape index (κ2) is 7.39. The molecule has 18 heavy (non-hydrogen) atoms. The molecule has 0 saturated carbocycles. The van der Waals surface area contributed by atoms with Crippen LogP contribution in [0.2, 0.25) is 0 Å². The van der Waals surface area contributed by atoms with E-state index in [-0.39, 0.29) is 6.04 Å². The van der Waals surface area contributed by atoms with Gasteiger partial charge in [0.15, 0.2) is 0 Å². The fourth-order valence-electron chi connectivity index (χ4n) is 1.83. The van der Waals surface area contributed by atoms with E-state index in [2.05, 4.69) is 26.0 Å². The van der Waals surface area contributed by atoms with Gasteiger partial charge in [-0.1, -0.05) is 26.0 Å². The summed E-state index contributed by atoms with van der Waals surface area (Å²) < 4.78 is 5.54. The van der Waals surface area contributed by atoms with E-state index >= 15 is 0 Å². The van der Waals surface area contributed by atoms with Crippen molar-refractivity contribution in [2.24, 2.45) is 5.73 Å². The van der Waals surface area contributed by atoms with Gasteiger partial charge in [-0.2, -0.15) is 0 Å². The zero-order chi connectivity index (χ0) is 13.5. The summed E-state index contributed by atoms with van der Waals surface area (Å²) in [6.45, 7) is 6.77. The standard InChI is InChI=1S/C15H25NO2/c1-4-9-18-14-7-5-13(6-8-14)11(2)10-15(17)12(3)16/h5-8,11-12,15,17H,4,9-10,16H2,1-3H3. The van der Waals surface area contributed by atoms with E-state index in [1.54, 1.807) is 0 Å². The van der Waals surface area contributed by atoms with Crippen LogP contribution < -0.4 is 10.5 Å². The van der Waals surface area contributed by atoms with E-state index in [1.165, 1.54) is 5.56 Å². The molecular formula is C15H25NO2. The zero-order valence-corrected chi connectivity index (χ0v) is 11.6. The molecule has 3 nitrogen and oxygen atoms in total. The molecule has 0 amide bonds. The molecule has 1 rings (SSSR count). The molecule has 0 fully saturated rings. The van der Waals surface area contributed by atoms with Gasteiger partial charge in [0.05, 0.1) is 12.7 Å². The second-order valence-electron chi connectivity index (χ2n) is 4.98. The van der Waals surface area contributed by atoms with Crippen molar-refractivity contribution in [3.05, 3.63) is 29.8 Å². The summed E-state index contributed by atoms with van der Waals surface area (Å²) in [4.78, 5) is 0. The zero-order valence-electron chi connectivity index (χ0n) is 11.6. The molecule has 0 radical (unpaired) electrons. The predicted molar refractivity (Wildman–Crippen MR) is 74.9 cm³/mol. The molecule has 102 valence electrons. The lowest BCUT2D eigenvalue weighted by Crippen LogP contribution is -2.32. The van der Waals surface area contributed by atoms with E-state index in [0.29, 0.717) is 12.3 Å². The first-order chi connectivity index (χ1) is 8.54. The number of ether oxygens (including phenoxy) is 1. The predicted octanol–water partition coefficient (Wildman–Crippen LogP) is 2.68. The minimum absolute atomic E-state index is 0.181. The van der Waals surface area contributed by atoms with Gasteiger partial charge < -0.3 is 15.6 Å². The van der Waals surface area contributed by atoms with Gasteiger partial charge in [0.2, 0.25) is 0 Å². The number of hydrogen-bond acceptors (Lipinski definition) is 3. The van der Waals surface area contributed by atoms with Crippen molar-refractivity contribution in [2.45, 2.75) is 51.7 Å². The van der Waals surface area contributed by atoms with Crippen LogP contribution in [0.15, 0.2) is 24.3 Å². The highest BCUT2D eigenvalue weighted by Crippen LogP contribution is 2.23. The van der Waals surface area contributed by atoms with Crippen molar-refractivity contribution >= 4 is 0 Å². The molecule has 3 unspecified atom stereocenters. The van der Waals surface area contributed by atoms with Crippen LogP contribution in [0, 0.1) is 0 Å². The number of rotatable bonds is 7. The summed E-state index contributed by atoms with van der Waals surface area (Å²) in [5, 5.41) is 9.78. The Morgan fingerprint density at radius 2 is 1.83 bits per heavy atom. The van der Waals surface area contributed by atoms with Crippen LogP contribution in [0.1, 0.15) is 45.1 Å². The van der Waals surface area contributed by atoms with Crippen molar-refractivity contribution < 1.29 is 9.84 Å². The highest BCUT2D eigenvalue weighted by atomic mass is 16.5. The lowest BCUT2D eigenvalue weighted by molar-refractivity contribution is 0.134. The smallest absolute Gasteiger partial charge is 0.119 e. The SMILES string of the molecule is CCCOc1ccc(C(C)CC(O)C(C)N)cc1. The van der Waals surface area contributed by atoms with E-state index in [4.69, 9.17) is 10.5 Å². The molecule has 0 heterocycles. The molecule has 1 aromatic carbocycles. The molecular weight excluding hydrogens is 226 g/mol. The molecule has 0 aliphatic carbocycles. The summed E-state index contributed by atoms with van der Waals surface area (Å²) in [6.07, 6.45) is 1.25. The molecule has 3 heteroatoms. The lowest BCUT2D eigenvalue weighted by Gasteiger charge is -2.19. The van der Waals surface area contributed by atoms with Crippen LogP contribution in [-0.2, 0) is 0 Å². The van der Waals surface area contributed by atoms with Gasteiger partial charge in [-0.25, -0.2) is 0 Å². The molecule has 0 aromatic heterocycles. The summed E-state index contributed by atoms with van der Waals surface area (Å²) >= 11 is 0. The van der Waals surface area contributed by atoms with Crippen molar-refractivity contribution in [1.82, 2.24) is 0 Å². The van der Waals surface area contributed by atoms with E-state index in [9.17, 15) is 5.11 Å². The Kier molecular flexibility index (Phi) is 6.16. The van der Waals surface area contributed by atoms with Crippen LogP contribution in [-0.4, -0.2) is 23.9 Å². The third kappa shape index (κ3) is 4.67. The first kappa shape index (κ1) is 15.0. The van der Waals surface area contributed by atoms with Crippen LogP contribution in [0.4, 0.5) is 0 Å². The fourth-order valence-corrected chi connectivity index (χ4v) is 1.83. The molecule has 3 N–H and O–H groups in total. The number of benzene rings is 1. The number of aliphatic hydroxyl groups is 1. The highest BCUT2D eigenvalue weighted by Gasteiger charge is 2.15. The topological polar surface area (TPSA) is 55.5 Å². The van der Waals surface area contributed by atoms with Crippen LogP contribution in [0.25, 0.3) is 0 Å². The Bertz CT molecular complexity index is 335. The van der Waals surface area contributed by atoms with E-state index in [0.717, 1.165) is 18.8 Å².